The molecule has 1 fully saturated rings. The molecule has 9 heteroatoms. The standard InChI is InChI=1S/C24H25N7O2/c1-16-15-30(20-6-4-19(5-7-20)23-26-17(2)33-28-23)12-13-31(16)24-27-21(14-22(32)29(24)3)18-8-10-25-11-9-18/h4-11,14,16H,12-13,15H2,1-3H3/t16-/m1/s1. The molecule has 1 aromatic carbocycles. The minimum Gasteiger partial charge on any atom is -0.368 e. The summed E-state index contributed by atoms with van der Waals surface area (Å²) in [7, 11) is 1.78. The molecule has 0 amide bonds. The average molecular weight is 444 g/mol. The number of benzene rings is 1. The zero-order valence-corrected chi connectivity index (χ0v) is 18.8. The number of aromatic nitrogens is 5. The zero-order valence-electron chi connectivity index (χ0n) is 18.8. The summed E-state index contributed by atoms with van der Waals surface area (Å²) in [6.45, 7) is 6.33. The van der Waals surface area contributed by atoms with Gasteiger partial charge in [0.15, 0.2) is 0 Å². The maximum Gasteiger partial charge on any atom is 0.255 e. The van der Waals surface area contributed by atoms with Gasteiger partial charge in [-0.15, -0.1) is 0 Å². The Morgan fingerprint density at radius 3 is 2.42 bits per heavy atom. The molecule has 0 unspecified atom stereocenters. The molecule has 0 aliphatic carbocycles. The van der Waals surface area contributed by atoms with Gasteiger partial charge in [0.05, 0.1) is 5.69 Å². The number of anilines is 2. The van der Waals surface area contributed by atoms with Crippen molar-refractivity contribution >= 4 is 11.6 Å². The van der Waals surface area contributed by atoms with Gasteiger partial charge in [-0.05, 0) is 43.3 Å². The zero-order chi connectivity index (χ0) is 22.9. The van der Waals surface area contributed by atoms with Gasteiger partial charge in [-0.25, -0.2) is 4.98 Å². The molecule has 0 N–H and O–H groups in total. The third-order valence-corrected chi connectivity index (χ3v) is 5.99. The molecular weight excluding hydrogens is 418 g/mol. The lowest BCUT2D eigenvalue weighted by atomic mass is 10.1. The Kier molecular flexibility index (Phi) is 5.37. The van der Waals surface area contributed by atoms with Crippen molar-refractivity contribution in [1.29, 1.82) is 0 Å². The highest BCUT2D eigenvalue weighted by Gasteiger charge is 2.27. The van der Waals surface area contributed by atoms with Crippen LogP contribution in [0.1, 0.15) is 12.8 Å². The fourth-order valence-electron chi connectivity index (χ4n) is 4.18. The van der Waals surface area contributed by atoms with E-state index in [1.54, 1.807) is 37.0 Å². The predicted molar refractivity (Wildman–Crippen MR) is 126 cm³/mol. The number of hydrogen-bond donors (Lipinski definition) is 0. The Morgan fingerprint density at radius 1 is 1.00 bits per heavy atom. The fraction of sp³-hybridized carbons (Fsp3) is 0.292. The van der Waals surface area contributed by atoms with Gasteiger partial charge in [0, 0.05) is 74.9 Å². The molecule has 1 aliphatic heterocycles. The summed E-state index contributed by atoms with van der Waals surface area (Å²) >= 11 is 0. The summed E-state index contributed by atoms with van der Waals surface area (Å²) in [5.74, 6) is 1.83. The van der Waals surface area contributed by atoms with E-state index in [2.05, 4.69) is 44.0 Å². The first-order valence-electron chi connectivity index (χ1n) is 10.9. The molecule has 1 saturated heterocycles. The van der Waals surface area contributed by atoms with E-state index < -0.39 is 0 Å². The van der Waals surface area contributed by atoms with Crippen LogP contribution in [0.25, 0.3) is 22.6 Å². The molecule has 168 valence electrons. The van der Waals surface area contributed by atoms with Crippen molar-refractivity contribution in [2.24, 2.45) is 7.05 Å². The van der Waals surface area contributed by atoms with Gasteiger partial charge in [-0.3, -0.25) is 14.3 Å². The molecule has 33 heavy (non-hydrogen) atoms. The number of hydrogen-bond acceptors (Lipinski definition) is 8. The van der Waals surface area contributed by atoms with Crippen LogP contribution in [0, 0.1) is 6.92 Å². The summed E-state index contributed by atoms with van der Waals surface area (Å²) in [4.78, 5) is 30.4. The molecule has 5 rings (SSSR count). The highest BCUT2D eigenvalue weighted by molar-refractivity contribution is 5.62. The second-order valence-corrected chi connectivity index (χ2v) is 8.25. The van der Waals surface area contributed by atoms with Gasteiger partial charge < -0.3 is 14.3 Å². The first kappa shape index (κ1) is 20.9. The van der Waals surface area contributed by atoms with Gasteiger partial charge in [-0.2, -0.15) is 4.98 Å². The van der Waals surface area contributed by atoms with Gasteiger partial charge >= 0.3 is 0 Å². The second kappa shape index (κ2) is 8.50. The molecular formula is C24H25N7O2. The number of piperazine rings is 1. The van der Waals surface area contributed by atoms with Crippen molar-refractivity contribution in [2.45, 2.75) is 19.9 Å². The Bertz CT molecular complexity index is 1310. The van der Waals surface area contributed by atoms with Crippen LogP contribution in [0.2, 0.25) is 0 Å². The quantitative estimate of drug-likeness (QED) is 0.475. The lowest BCUT2D eigenvalue weighted by molar-refractivity contribution is 0.394. The minimum atomic E-state index is -0.0752. The predicted octanol–water partition coefficient (Wildman–Crippen LogP) is 2.92. The summed E-state index contributed by atoms with van der Waals surface area (Å²) in [6.07, 6.45) is 3.42. The normalized spacial score (nSPS) is 16.3. The molecule has 4 aromatic rings. The van der Waals surface area contributed by atoms with E-state index in [1.165, 1.54) is 0 Å². The van der Waals surface area contributed by atoms with E-state index in [1.807, 2.05) is 24.3 Å². The largest absolute Gasteiger partial charge is 0.368 e. The molecule has 0 bridgehead atoms. The SMILES string of the molecule is Cc1nc(-c2ccc(N3CCN(c4nc(-c5ccncc5)cc(=O)n4C)[C@H](C)C3)cc2)no1. The molecule has 0 spiro atoms. The van der Waals surface area contributed by atoms with Crippen LogP contribution in [0.4, 0.5) is 11.6 Å². The monoisotopic (exact) mass is 443 g/mol. The number of pyridine rings is 1. The molecule has 0 radical (unpaired) electrons. The van der Waals surface area contributed by atoms with Crippen molar-refractivity contribution in [3.05, 3.63) is 71.1 Å². The average Bonchev–Trinajstić information content (AvgIpc) is 3.28. The van der Waals surface area contributed by atoms with Crippen molar-refractivity contribution in [2.75, 3.05) is 29.4 Å². The molecule has 9 nitrogen and oxygen atoms in total. The Labute approximate surface area is 191 Å². The smallest absolute Gasteiger partial charge is 0.255 e. The van der Waals surface area contributed by atoms with E-state index in [0.717, 1.165) is 36.4 Å². The van der Waals surface area contributed by atoms with Crippen LogP contribution in [-0.4, -0.2) is 50.4 Å². The Balaban J connectivity index is 1.36. The first-order chi connectivity index (χ1) is 16.0. The van der Waals surface area contributed by atoms with Crippen LogP contribution < -0.4 is 15.4 Å². The second-order valence-electron chi connectivity index (χ2n) is 8.25. The summed E-state index contributed by atoms with van der Waals surface area (Å²) in [6, 6.07) is 13.7. The van der Waals surface area contributed by atoms with E-state index in [4.69, 9.17) is 9.51 Å². The highest BCUT2D eigenvalue weighted by Crippen LogP contribution is 2.26. The topological polar surface area (TPSA) is 93.2 Å². The van der Waals surface area contributed by atoms with Gasteiger partial charge in [0.25, 0.3) is 5.56 Å². The van der Waals surface area contributed by atoms with Crippen LogP contribution in [-0.2, 0) is 7.05 Å². The lowest BCUT2D eigenvalue weighted by Crippen LogP contribution is -2.53. The van der Waals surface area contributed by atoms with Crippen molar-refractivity contribution in [1.82, 2.24) is 24.7 Å². The van der Waals surface area contributed by atoms with Crippen molar-refractivity contribution in [3.63, 3.8) is 0 Å². The number of aryl methyl sites for hydroxylation is 1. The Morgan fingerprint density at radius 2 is 1.76 bits per heavy atom. The third kappa shape index (κ3) is 4.09. The third-order valence-electron chi connectivity index (χ3n) is 5.99. The molecule has 3 aromatic heterocycles. The molecule has 0 saturated carbocycles. The van der Waals surface area contributed by atoms with Crippen molar-refractivity contribution in [3.8, 4) is 22.6 Å². The van der Waals surface area contributed by atoms with E-state index >= 15 is 0 Å². The molecule has 1 atom stereocenters. The summed E-state index contributed by atoms with van der Waals surface area (Å²) in [5.41, 5.74) is 3.53. The van der Waals surface area contributed by atoms with Gasteiger partial charge in [-0.1, -0.05) is 5.16 Å². The van der Waals surface area contributed by atoms with E-state index in [0.29, 0.717) is 23.4 Å². The van der Waals surface area contributed by atoms with Crippen molar-refractivity contribution < 1.29 is 4.52 Å². The van der Waals surface area contributed by atoms with Crippen LogP contribution >= 0.6 is 0 Å². The van der Waals surface area contributed by atoms with Crippen LogP contribution in [0.15, 0.2) is 64.2 Å². The number of rotatable bonds is 4. The maximum atomic E-state index is 12.7. The van der Waals surface area contributed by atoms with E-state index in [-0.39, 0.29) is 11.6 Å². The summed E-state index contributed by atoms with van der Waals surface area (Å²) < 4.78 is 6.70. The fourth-order valence-corrected chi connectivity index (χ4v) is 4.18. The minimum absolute atomic E-state index is 0.0752. The van der Waals surface area contributed by atoms with Gasteiger partial charge in [0.2, 0.25) is 17.7 Å². The summed E-state index contributed by atoms with van der Waals surface area (Å²) in [5, 5.41) is 3.98. The lowest BCUT2D eigenvalue weighted by Gasteiger charge is -2.42. The van der Waals surface area contributed by atoms with Crippen LogP contribution in [0.5, 0.6) is 0 Å². The highest BCUT2D eigenvalue weighted by atomic mass is 16.5. The van der Waals surface area contributed by atoms with Crippen LogP contribution in [0.3, 0.4) is 0 Å². The first-order valence-corrected chi connectivity index (χ1v) is 10.9. The maximum absolute atomic E-state index is 12.7. The van der Waals surface area contributed by atoms with Gasteiger partial charge in [0.1, 0.15) is 0 Å². The van der Waals surface area contributed by atoms with E-state index in [9.17, 15) is 4.79 Å². The molecule has 4 heterocycles. The number of nitrogens with zero attached hydrogens (tertiary/aromatic N) is 7. The molecule has 1 aliphatic rings. The Hall–Kier alpha value is -4.01.